The molecule has 26 heavy (non-hydrogen) atoms. The highest BCUT2D eigenvalue weighted by molar-refractivity contribution is 7.92. The van der Waals surface area contributed by atoms with Crippen molar-refractivity contribution in [3.05, 3.63) is 48.5 Å². The Bertz CT molecular complexity index is 908. The summed E-state index contributed by atoms with van der Waals surface area (Å²) in [5, 5.41) is 2.64. The maximum absolute atomic E-state index is 13.2. The van der Waals surface area contributed by atoms with Gasteiger partial charge in [-0.1, -0.05) is 12.1 Å². The van der Waals surface area contributed by atoms with Gasteiger partial charge < -0.3 is 10.2 Å². The van der Waals surface area contributed by atoms with E-state index in [0.29, 0.717) is 24.5 Å². The molecule has 1 aliphatic rings. The number of fused-ring (bicyclic) bond motifs is 1. The molecule has 1 heterocycles. The van der Waals surface area contributed by atoms with Gasteiger partial charge in [0, 0.05) is 25.2 Å². The first kappa shape index (κ1) is 18.3. The number of carbonyl (C=O) groups excluding carboxylic acids is 1. The Morgan fingerprint density at radius 1 is 1.00 bits per heavy atom. The molecule has 0 aromatic heterocycles. The standard InChI is InChI=1S/C19H23N3O3S/c1-14(2)21-12-13-22(19-7-5-4-6-18(19)21)26(24,25)17-10-8-16(9-11-17)20-15(3)23/h4-11,14H,12-13H2,1-3H3,(H,20,23). The fourth-order valence-electron chi connectivity index (χ4n) is 3.18. The van der Waals surface area contributed by atoms with E-state index in [-0.39, 0.29) is 16.8 Å². The number of rotatable bonds is 4. The second-order valence-corrected chi connectivity index (χ2v) is 8.42. The average Bonchev–Trinajstić information content (AvgIpc) is 2.60. The Balaban J connectivity index is 1.97. The molecular weight excluding hydrogens is 350 g/mol. The van der Waals surface area contributed by atoms with E-state index in [1.54, 1.807) is 12.1 Å². The third kappa shape index (κ3) is 3.39. The van der Waals surface area contributed by atoms with Crippen LogP contribution in [-0.4, -0.2) is 33.5 Å². The largest absolute Gasteiger partial charge is 0.366 e. The molecule has 3 rings (SSSR count). The van der Waals surface area contributed by atoms with Crippen molar-refractivity contribution in [1.82, 2.24) is 0 Å². The van der Waals surface area contributed by atoms with Crippen LogP contribution in [0.4, 0.5) is 17.1 Å². The second kappa shape index (κ2) is 6.99. The fourth-order valence-corrected chi connectivity index (χ4v) is 4.65. The number of nitrogens with zero attached hydrogens (tertiary/aromatic N) is 2. The summed E-state index contributed by atoms with van der Waals surface area (Å²) in [7, 11) is -3.68. The van der Waals surface area contributed by atoms with Crippen molar-refractivity contribution in [2.75, 3.05) is 27.6 Å². The van der Waals surface area contributed by atoms with Crippen LogP contribution in [0.5, 0.6) is 0 Å². The molecule has 0 bridgehead atoms. The smallest absolute Gasteiger partial charge is 0.264 e. The van der Waals surface area contributed by atoms with Gasteiger partial charge in [-0.3, -0.25) is 9.10 Å². The summed E-state index contributed by atoms with van der Waals surface area (Å²) in [6, 6.07) is 14.1. The molecule has 2 aromatic rings. The Morgan fingerprint density at radius 2 is 1.62 bits per heavy atom. The van der Waals surface area contributed by atoms with Crippen LogP contribution in [0.1, 0.15) is 20.8 Å². The molecule has 6 nitrogen and oxygen atoms in total. The molecule has 0 unspecified atom stereocenters. The number of hydrogen-bond donors (Lipinski definition) is 1. The molecule has 0 atom stereocenters. The molecule has 138 valence electrons. The lowest BCUT2D eigenvalue weighted by atomic mass is 10.1. The van der Waals surface area contributed by atoms with Crippen molar-refractivity contribution >= 4 is 33.0 Å². The summed E-state index contributed by atoms with van der Waals surface area (Å²) in [5.74, 6) is -0.195. The summed E-state index contributed by atoms with van der Waals surface area (Å²) < 4.78 is 27.8. The number of amides is 1. The van der Waals surface area contributed by atoms with Gasteiger partial charge in [0.2, 0.25) is 5.91 Å². The zero-order valence-corrected chi connectivity index (χ0v) is 16.0. The van der Waals surface area contributed by atoms with E-state index in [2.05, 4.69) is 24.1 Å². The molecule has 1 amide bonds. The lowest BCUT2D eigenvalue weighted by Gasteiger charge is -2.40. The van der Waals surface area contributed by atoms with E-state index in [1.165, 1.54) is 23.4 Å². The van der Waals surface area contributed by atoms with Crippen LogP contribution in [0.15, 0.2) is 53.4 Å². The quantitative estimate of drug-likeness (QED) is 0.894. The van der Waals surface area contributed by atoms with Gasteiger partial charge in [-0.05, 0) is 50.2 Å². The Labute approximate surface area is 154 Å². The molecule has 0 saturated carbocycles. The van der Waals surface area contributed by atoms with Crippen molar-refractivity contribution < 1.29 is 13.2 Å². The molecule has 2 aromatic carbocycles. The molecule has 0 radical (unpaired) electrons. The van der Waals surface area contributed by atoms with Gasteiger partial charge in [0.25, 0.3) is 10.0 Å². The number of benzene rings is 2. The second-order valence-electron chi connectivity index (χ2n) is 6.56. The SMILES string of the molecule is CC(=O)Nc1ccc(S(=O)(=O)N2CCN(C(C)C)c3ccccc32)cc1. The van der Waals surface area contributed by atoms with E-state index in [1.807, 2.05) is 24.3 Å². The van der Waals surface area contributed by atoms with Crippen molar-refractivity contribution in [2.24, 2.45) is 0 Å². The van der Waals surface area contributed by atoms with Crippen LogP contribution >= 0.6 is 0 Å². The molecule has 0 aliphatic carbocycles. The van der Waals surface area contributed by atoms with Crippen LogP contribution in [0, 0.1) is 0 Å². The molecule has 7 heteroatoms. The zero-order valence-electron chi connectivity index (χ0n) is 15.1. The van der Waals surface area contributed by atoms with Gasteiger partial charge in [0.15, 0.2) is 0 Å². The van der Waals surface area contributed by atoms with Gasteiger partial charge in [0.1, 0.15) is 0 Å². The first-order chi connectivity index (χ1) is 12.3. The lowest BCUT2D eigenvalue weighted by molar-refractivity contribution is -0.114. The van der Waals surface area contributed by atoms with Crippen molar-refractivity contribution in [2.45, 2.75) is 31.7 Å². The summed E-state index contributed by atoms with van der Waals surface area (Å²) >= 11 is 0. The predicted molar refractivity (Wildman–Crippen MR) is 104 cm³/mol. The summed E-state index contributed by atoms with van der Waals surface area (Å²) in [6.45, 7) is 6.64. The first-order valence-electron chi connectivity index (χ1n) is 8.57. The number of nitrogens with one attached hydrogen (secondary N) is 1. The molecule has 0 spiro atoms. The molecule has 1 N–H and O–H groups in total. The van der Waals surface area contributed by atoms with Crippen LogP contribution in [0.25, 0.3) is 0 Å². The fraction of sp³-hybridized carbons (Fsp3) is 0.316. The van der Waals surface area contributed by atoms with Crippen LogP contribution < -0.4 is 14.5 Å². The maximum atomic E-state index is 13.2. The average molecular weight is 373 g/mol. The maximum Gasteiger partial charge on any atom is 0.264 e. The van der Waals surface area contributed by atoms with Gasteiger partial charge >= 0.3 is 0 Å². The minimum Gasteiger partial charge on any atom is -0.366 e. The van der Waals surface area contributed by atoms with E-state index < -0.39 is 10.0 Å². The third-order valence-electron chi connectivity index (χ3n) is 4.39. The molecule has 1 aliphatic heterocycles. The van der Waals surface area contributed by atoms with Crippen molar-refractivity contribution in [1.29, 1.82) is 0 Å². The van der Waals surface area contributed by atoms with Gasteiger partial charge in [0.05, 0.1) is 22.8 Å². The Kier molecular flexibility index (Phi) is 4.91. The summed E-state index contributed by atoms with van der Waals surface area (Å²) in [4.78, 5) is 13.5. The third-order valence-corrected chi connectivity index (χ3v) is 6.22. The Morgan fingerprint density at radius 3 is 2.19 bits per heavy atom. The van der Waals surface area contributed by atoms with Crippen LogP contribution in [0.2, 0.25) is 0 Å². The van der Waals surface area contributed by atoms with Crippen molar-refractivity contribution in [3.63, 3.8) is 0 Å². The summed E-state index contributed by atoms with van der Waals surface area (Å²) in [5.41, 5.74) is 2.19. The number of hydrogen-bond acceptors (Lipinski definition) is 4. The first-order valence-corrected chi connectivity index (χ1v) is 10.0. The number of para-hydroxylation sites is 2. The highest BCUT2D eigenvalue weighted by Gasteiger charge is 2.32. The van der Waals surface area contributed by atoms with E-state index in [9.17, 15) is 13.2 Å². The lowest BCUT2D eigenvalue weighted by Crippen LogP contribution is -2.46. The van der Waals surface area contributed by atoms with Gasteiger partial charge in [-0.25, -0.2) is 8.42 Å². The minimum atomic E-state index is -3.68. The molecule has 0 fully saturated rings. The van der Waals surface area contributed by atoms with Crippen LogP contribution in [-0.2, 0) is 14.8 Å². The normalized spacial score (nSPS) is 14.3. The van der Waals surface area contributed by atoms with Gasteiger partial charge in [-0.15, -0.1) is 0 Å². The predicted octanol–water partition coefficient (Wildman–Crippen LogP) is 3.07. The Hall–Kier alpha value is -2.54. The molecule has 0 saturated heterocycles. The van der Waals surface area contributed by atoms with Crippen molar-refractivity contribution in [3.8, 4) is 0 Å². The highest BCUT2D eigenvalue weighted by atomic mass is 32.2. The number of anilines is 3. The van der Waals surface area contributed by atoms with E-state index in [0.717, 1.165) is 5.69 Å². The minimum absolute atomic E-state index is 0.195. The highest BCUT2D eigenvalue weighted by Crippen LogP contribution is 2.37. The number of sulfonamides is 1. The topological polar surface area (TPSA) is 69.7 Å². The van der Waals surface area contributed by atoms with Gasteiger partial charge in [-0.2, -0.15) is 0 Å². The van der Waals surface area contributed by atoms with E-state index >= 15 is 0 Å². The van der Waals surface area contributed by atoms with E-state index in [4.69, 9.17) is 0 Å². The summed E-state index contributed by atoms with van der Waals surface area (Å²) in [6.07, 6.45) is 0. The zero-order chi connectivity index (χ0) is 18.9. The monoisotopic (exact) mass is 373 g/mol. The van der Waals surface area contributed by atoms with Crippen LogP contribution in [0.3, 0.4) is 0 Å². The molecular formula is C19H23N3O3S. The number of carbonyl (C=O) groups is 1.